The van der Waals surface area contributed by atoms with E-state index in [1.807, 2.05) is 18.2 Å². The summed E-state index contributed by atoms with van der Waals surface area (Å²) in [7, 11) is 1.80. The van der Waals surface area contributed by atoms with Crippen LogP contribution in [0.15, 0.2) is 18.2 Å². The summed E-state index contributed by atoms with van der Waals surface area (Å²) in [5, 5.41) is 12.7. The second-order valence-electron chi connectivity index (χ2n) is 4.53. The Labute approximate surface area is 112 Å². The van der Waals surface area contributed by atoms with Crippen LogP contribution in [0, 0.1) is 0 Å². The van der Waals surface area contributed by atoms with Crippen LogP contribution in [-0.2, 0) is 4.79 Å². The van der Waals surface area contributed by atoms with Crippen LogP contribution in [0.5, 0.6) is 5.75 Å². The van der Waals surface area contributed by atoms with Gasteiger partial charge in [-0.3, -0.25) is 4.79 Å². The third-order valence-corrected chi connectivity index (χ3v) is 3.12. The van der Waals surface area contributed by atoms with Gasteiger partial charge in [0.2, 0.25) is 0 Å². The second kappa shape index (κ2) is 5.46. The Hall–Kier alpha value is -1.79. The van der Waals surface area contributed by atoms with E-state index in [0.717, 1.165) is 5.69 Å². The lowest BCUT2D eigenvalue weighted by Crippen LogP contribution is -2.48. The van der Waals surface area contributed by atoms with Crippen LogP contribution < -0.4 is 20.7 Å². The summed E-state index contributed by atoms with van der Waals surface area (Å²) >= 11 is 0. The predicted octanol–water partition coefficient (Wildman–Crippen LogP) is 0.162. The summed E-state index contributed by atoms with van der Waals surface area (Å²) < 4.78 is 5.56. The number of hydrogen-bond acceptors (Lipinski definition) is 5. The summed E-state index contributed by atoms with van der Waals surface area (Å²) in [6.07, 6.45) is -1.31. The quantitative estimate of drug-likeness (QED) is 0.722. The topological polar surface area (TPSA) is 87.8 Å². The molecule has 1 heterocycles. The maximum atomic E-state index is 12.2. The number of nitrogens with one attached hydrogen (secondary N) is 1. The maximum Gasteiger partial charge on any atom is 0.267 e. The number of aliphatic hydroxyl groups is 1. The first-order valence-electron chi connectivity index (χ1n) is 6.24. The van der Waals surface area contributed by atoms with Crippen molar-refractivity contribution in [1.29, 1.82) is 0 Å². The summed E-state index contributed by atoms with van der Waals surface area (Å²) in [5.74, 6) is 0.462. The molecule has 1 amide bonds. The first kappa shape index (κ1) is 13.6. The summed E-state index contributed by atoms with van der Waals surface area (Å²) in [6, 6.07) is 5.51. The van der Waals surface area contributed by atoms with Gasteiger partial charge in [0.25, 0.3) is 5.91 Å². The van der Waals surface area contributed by atoms with Gasteiger partial charge in [0.15, 0.2) is 6.10 Å². The van der Waals surface area contributed by atoms with E-state index >= 15 is 0 Å². The van der Waals surface area contributed by atoms with Crippen molar-refractivity contribution in [3.05, 3.63) is 18.2 Å². The lowest BCUT2D eigenvalue weighted by Gasteiger charge is -2.34. The number of ether oxygens (including phenoxy) is 1. The molecule has 6 nitrogen and oxygen atoms in total. The molecule has 104 valence electrons. The van der Waals surface area contributed by atoms with Crippen molar-refractivity contribution in [2.75, 3.05) is 30.4 Å². The fraction of sp³-hybridized carbons (Fsp3) is 0.462. The molecule has 0 radical (unpaired) electrons. The van der Waals surface area contributed by atoms with E-state index in [1.54, 1.807) is 14.0 Å². The molecule has 0 aromatic heterocycles. The number of benzene rings is 1. The fourth-order valence-corrected chi connectivity index (χ4v) is 2.04. The highest BCUT2D eigenvalue weighted by Crippen LogP contribution is 2.36. The van der Waals surface area contributed by atoms with Crippen molar-refractivity contribution in [1.82, 2.24) is 0 Å². The Balaban J connectivity index is 2.38. The second-order valence-corrected chi connectivity index (χ2v) is 4.53. The molecule has 1 aromatic carbocycles. The molecule has 0 spiro atoms. The number of nitrogens with two attached hydrogens (primary N) is 1. The number of fused-ring (bicyclic) bond motifs is 1. The van der Waals surface area contributed by atoms with Gasteiger partial charge in [-0.1, -0.05) is 0 Å². The third kappa shape index (κ3) is 2.64. The van der Waals surface area contributed by atoms with Gasteiger partial charge in [-0.2, -0.15) is 0 Å². The van der Waals surface area contributed by atoms with Gasteiger partial charge in [-0.25, -0.2) is 0 Å². The van der Waals surface area contributed by atoms with Crippen LogP contribution in [0.1, 0.15) is 6.92 Å². The lowest BCUT2D eigenvalue weighted by atomic mass is 10.1. The molecule has 0 aliphatic carbocycles. The van der Waals surface area contributed by atoms with Crippen molar-refractivity contribution in [3.63, 3.8) is 0 Å². The van der Waals surface area contributed by atoms with Crippen molar-refractivity contribution < 1.29 is 14.6 Å². The van der Waals surface area contributed by atoms with E-state index < -0.39 is 12.2 Å². The summed E-state index contributed by atoms with van der Waals surface area (Å²) in [5.41, 5.74) is 6.94. The average Bonchev–Trinajstić information content (AvgIpc) is 2.43. The minimum absolute atomic E-state index is 0.111. The zero-order valence-corrected chi connectivity index (χ0v) is 11.1. The molecule has 2 unspecified atom stereocenters. The van der Waals surface area contributed by atoms with Crippen LogP contribution in [0.25, 0.3) is 0 Å². The number of rotatable bonds is 4. The average molecular weight is 265 g/mol. The zero-order valence-electron chi connectivity index (χ0n) is 11.1. The number of hydrogen-bond donors (Lipinski definition) is 3. The summed E-state index contributed by atoms with van der Waals surface area (Å²) in [4.78, 5) is 13.7. The van der Waals surface area contributed by atoms with Gasteiger partial charge in [-0.15, -0.1) is 0 Å². The number of anilines is 2. The van der Waals surface area contributed by atoms with Crippen molar-refractivity contribution in [2.45, 2.75) is 19.1 Å². The summed E-state index contributed by atoms with van der Waals surface area (Å²) in [6.45, 7) is 1.97. The Kier molecular flexibility index (Phi) is 3.92. The standard InChI is InChI=1S/C13H19N3O3/c1-8-13(18)16(7-10(17)6-14)11-5-9(15-2)3-4-12(11)19-8/h3-5,8,10,15,17H,6-7,14H2,1-2H3. The molecule has 2 atom stereocenters. The van der Waals surface area contributed by atoms with Gasteiger partial charge >= 0.3 is 0 Å². The normalized spacial score (nSPS) is 19.7. The van der Waals surface area contributed by atoms with Crippen molar-refractivity contribution in [3.8, 4) is 5.75 Å². The van der Waals surface area contributed by atoms with E-state index in [-0.39, 0.29) is 19.0 Å². The van der Waals surface area contributed by atoms with Crippen LogP contribution in [0.2, 0.25) is 0 Å². The van der Waals surface area contributed by atoms with Crippen molar-refractivity contribution >= 4 is 17.3 Å². The Bertz CT molecular complexity index is 478. The Morgan fingerprint density at radius 1 is 1.58 bits per heavy atom. The molecule has 2 rings (SSSR count). The van der Waals surface area contributed by atoms with Gasteiger partial charge in [-0.05, 0) is 25.1 Å². The highest BCUT2D eigenvalue weighted by molar-refractivity contribution is 6.00. The molecular weight excluding hydrogens is 246 g/mol. The molecule has 1 aromatic rings. The van der Waals surface area contributed by atoms with Gasteiger partial charge in [0, 0.05) is 19.3 Å². The van der Waals surface area contributed by atoms with E-state index in [0.29, 0.717) is 11.4 Å². The van der Waals surface area contributed by atoms with Gasteiger partial charge in [0.05, 0.1) is 18.3 Å². The van der Waals surface area contributed by atoms with Crippen LogP contribution in [0.3, 0.4) is 0 Å². The highest BCUT2D eigenvalue weighted by atomic mass is 16.5. The first-order valence-corrected chi connectivity index (χ1v) is 6.24. The molecule has 0 fully saturated rings. The predicted molar refractivity (Wildman–Crippen MR) is 73.5 cm³/mol. The number of aliphatic hydroxyl groups excluding tert-OH is 1. The first-order chi connectivity index (χ1) is 9.06. The van der Waals surface area contributed by atoms with E-state index in [9.17, 15) is 9.90 Å². The zero-order chi connectivity index (χ0) is 14.0. The number of nitrogens with zero attached hydrogens (tertiary/aromatic N) is 1. The number of carbonyl (C=O) groups excluding carboxylic acids is 1. The molecule has 6 heteroatoms. The van der Waals surface area contributed by atoms with Crippen LogP contribution >= 0.6 is 0 Å². The van der Waals surface area contributed by atoms with E-state index in [1.165, 1.54) is 4.90 Å². The van der Waals surface area contributed by atoms with Gasteiger partial charge < -0.3 is 25.8 Å². The molecule has 1 aliphatic heterocycles. The Morgan fingerprint density at radius 3 is 2.95 bits per heavy atom. The number of β-amino-alcohol motifs (C(OH)–C–C–N with tert-alkyl or cyclic N) is 1. The monoisotopic (exact) mass is 265 g/mol. The van der Waals surface area contributed by atoms with Gasteiger partial charge in [0.1, 0.15) is 5.75 Å². The SMILES string of the molecule is CNc1ccc2c(c1)N(CC(O)CN)C(=O)C(C)O2. The largest absolute Gasteiger partial charge is 0.479 e. The van der Waals surface area contributed by atoms with Crippen LogP contribution in [0.4, 0.5) is 11.4 Å². The molecular formula is C13H19N3O3. The maximum absolute atomic E-state index is 12.2. The number of amides is 1. The Morgan fingerprint density at radius 2 is 2.32 bits per heavy atom. The third-order valence-electron chi connectivity index (χ3n) is 3.12. The molecule has 0 bridgehead atoms. The van der Waals surface area contributed by atoms with Crippen molar-refractivity contribution in [2.24, 2.45) is 5.73 Å². The fourth-order valence-electron chi connectivity index (χ4n) is 2.04. The molecule has 19 heavy (non-hydrogen) atoms. The molecule has 0 saturated carbocycles. The van der Waals surface area contributed by atoms with E-state index in [4.69, 9.17) is 10.5 Å². The minimum Gasteiger partial charge on any atom is -0.479 e. The van der Waals surface area contributed by atoms with Crippen LogP contribution in [-0.4, -0.2) is 43.4 Å². The smallest absolute Gasteiger partial charge is 0.267 e. The molecule has 4 N–H and O–H groups in total. The lowest BCUT2D eigenvalue weighted by molar-refractivity contribution is -0.125. The number of carbonyl (C=O) groups is 1. The molecule has 0 saturated heterocycles. The molecule has 1 aliphatic rings. The minimum atomic E-state index is -0.750. The van der Waals surface area contributed by atoms with E-state index in [2.05, 4.69) is 5.32 Å². The highest BCUT2D eigenvalue weighted by Gasteiger charge is 2.32.